The average molecular weight is 567 g/mol. The van der Waals surface area contributed by atoms with E-state index in [-0.39, 0.29) is 24.0 Å². The number of thiazole rings is 1. The van der Waals surface area contributed by atoms with Crippen LogP contribution in [0.2, 0.25) is 0 Å². The molecule has 0 saturated heterocycles. The average Bonchev–Trinajstić information content (AvgIpc) is 3.11. The maximum absolute atomic E-state index is 5.65. The van der Waals surface area contributed by atoms with Gasteiger partial charge in [-0.05, 0) is 38.5 Å². The Kier molecular flexibility index (Phi) is 11.2. The Balaban J connectivity index is 0.00000363. The quantitative estimate of drug-likeness (QED) is 0.163. The lowest BCUT2D eigenvalue weighted by Gasteiger charge is -2.11. The second kappa shape index (κ2) is 13.9. The lowest BCUT2D eigenvalue weighted by Crippen LogP contribution is -2.36. The zero-order chi connectivity index (χ0) is 21.9. The number of rotatable bonds is 10. The molecule has 3 rings (SSSR count). The smallest absolute Gasteiger partial charge is 0.213 e. The van der Waals surface area contributed by atoms with Gasteiger partial charge in [0, 0.05) is 23.7 Å². The third kappa shape index (κ3) is 8.62. The summed E-state index contributed by atoms with van der Waals surface area (Å²) < 4.78 is 11.3. The Morgan fingerprint density at radius 1 is 1.03 bits per heavy atom. The third-order valence-electron chi connectivity index (χ3n) is 4.32. The van der Waals surface area contributed by atoms with Gasteiger partial charge in [0.1, 0.15) is 19.0 Å². The summed E-state index contributed by atoms with van der Waals surface area (Å²) in [4.78, 5) is 14.7. The van der Waals surface area contributed by atoms with Crippen LogP contribution in [0.4, 0.5) is 0 Å². The van der Waals surface area contributed by atoms with Gasteiger partial charge in [-0.2, -0.15) is 0 Å². The molecule has 0 spiro atoms. The maximum atomic E-state index is 5.65. The van der Waals surface area contributed by atoms with Crippen molar-refractivity contribution in [1.82, 2.24) is 20.6 Å². The van der Waals surface area contributed by atoms with E-state index >= 15 is 0 Å². The van der Waals surface area contributed by atoms with Crippen molar-refractivity contribution in [3.8, 4) is 11.6 Å². The number of nitrogens with zero attached hydrogens (tertiary/aromatic N) is 3. The van der Waals surface area contributed by atoms with Gasteiger partial charge in [-0.1, -0.05) is 24.3 Å². The van der Waals surface area contributed by atoms with Crippen LogP contribution >= 0.6 is 35.3 Å². The molecular weight excluding hydrogens is 537 g/mol. The van der Waals surface area contributed by atoms with Crippen molar-refractivity contribution in [2.75, 3.05) is 19.8 Å². The Hall–Kier alpha value is -2.40. The molecule has 2 N–H and O–H groups in total. The van der Waals surface area contributed by atoms with E-state index in [1.807, 2.05) is 56.3 Å². The molecule has 0 bridgehead atoms. The Morgan fingerprint density at radius 2 is 1.81 bits per heavy atom. The van der Waals surface area contributed by atoms with E-state index in [2.05, 4.69) is 32.5 Å². The number of aromatic nitrogens is 2. The zero-order valence-corrected chi connectivity index (χ0v) is 21.8. The molecule has 0 fully saturated rings. The normalized spacial score (nSPS) is 10.9. The molecule has 1 aromatic carbocycles. The van der Waals surface area contributed by atoms with E-state index < -0.39 is 0 Å². The van der Waals surface area contributed by atoms with E-state index in [0.717, 1.165) is 34.5 Å². The number of benzene rings is 1. The first kappa shape index (κ1) is 25.9. The first-order valence-electron chi connectivity index (χ1n) is 10.3. The SMILES string of the molecule is CCNC(=NCc1ccc(OCCOc2ccccc2)nc1)NCc1sc(C)nc1C.I. The predicted molar refractivity (Wildman–Crippen MR) is 140 cm³/mol. The Bertz CT molecular complexity index is 964. The minimum Gasteiger partial charge on any atom is -0.490 e. The molecule has 0 amide bonds. The Labute approximate surface area is 210 Å². The Morgan fingerprint density at radius 3 is 2.47 bits per heavy atom. The first-order valence-corrected chi connectivity index (χ1v) is 11.2. The number of ether oxygens (including phenoxy) is 2. The number of aryl methyl sites for hydroxylation is 2. The fourth-order valence-corrected chi connectivity index (χ4v) is 3.70. The second-order valence-corrected chi connectivity index (χ2v) is 8.09. The highest BCUT2D eigenvalue weighted by molar-refractivity contribution is 14.0. The molecule has 0 aliphatic carbocycles. The van der Waals surface area contributed by atoms with Crippen molar-refractivity contribution in [3.63, 3.8) is 0 Å². The van der Waals surface area contributed by atoms with Gasteiger partial charge in [0.25, 0.3) is 0 Å². The highest BCUT2D eigenvalue weighted by Gasteiger charge is 2.06. The molecule has 3 aromatic rings. The van der Waals surface area contributed by atoms with E-state index in [4.69, 9.17) is 9.47 Å². The van der Waals surface area contributed by atoms with Gasteiger partial charge < -0.3 is 20.1 Å². The minimum absolute atomic E-state index is 0. The number of aliphatic imine (C=N–C) groups is 1. The summed E-state index contributed by atoms with van der Waals surface area (Å²) in [6, 6.07) is 13.5. The van der Waals surface area contributed by atoms with Crippen LogP contribution in [0.5, 0.6) is 11.6 Å². The van der Waals surface area contributed by atoms with Gasteiger partial charge in [-0.3, -0.25) is 0 Å². The predicted octanol–water partition coefficient (Wildman–Crippen LogP) is 4.49. The largest absolute Gasteiger partial charge is 0.490 e. The van der Waals surface area contributed by atoms with Crippen molar-refractivity contribution in [3.05, 3.63) is 69.8 Å². The summed E-state index contributed by atoms with van der Waals surface area (Å²) in [5.41, 5.74) is 2.08. The third-order valence-corrected chi connectivity index (χ3v) is 5.40. The molecule has 7 nitrogen and oxygen atoms in total. The van der Waals surface area contributed by atoms with E-state index in [0.29, 0.717) is 32.2 Å². The van der Waals surface area contributed by atoms with Crippen molar-refractivity contribution < 1.29 is 9.47 Å². The molecule has 32 heavy (non-hydrogen) atoms. The van der Waals surface area contributed by atoms with Gasteiger partial charge in [0.15, 0.2) is 5.96 Å². The van der Waals surface area contributed by atoms with Gasteiger partial charge >= 0.3 is 0 Å². The molecular formula is C23H30IN5O2S. The van der Waals surface area contributed by atoms with Gasteiger partial charge in [0.2, 0.25) is 5.88 Å². The standard InChI is InChI=1S/C23H29N5O2S.HI/c1-4-24-23(27-16-21-17(2)28-18(3)31-21)26-15-19-10-11-22(25-14-19)30-13-12-29-20-8-6-5-7-9-20;/h5-11,14H,4,12-13,15-16H2,1-3H3,(H2,24,26,27);1H. The van der Waals surface area contributed by atoms with Gasteiger partial charge in [-0.25, -0.2) is 15.0 Å². The number of halogens is 1. The molecule has 9 heteroatoms. The van der Waals surface area contributed by atoms with E-state index in [9.17, 15) is 0 Å². The molecule has 0 atom stereocenters. The van der Waals surface area contributed by atoms with Crippen LogP contribution in [0.3, 0.4) is 0 Å². The van der Waals surface area contributed by atoms with E-state index in [1.54, 1.807) is 17.5 Å². The molecule has 172 valence electrons. The van der Waals surface area contributed by atoms with Crippen molar-refractivity contribution >= 4 is 41.3 Å². The highest BCUT2D eigenvalue weighted by atomic mass is 127. The number of hydrogen-bond acceptors (Lipinski definition) is 6. The number of pyridine rings is 1. The first-order chi connectivity index (χ1) is 15.1. The zero-order valence-electron chi connectivity index (χ0n) is 18.6. The highest BCUT2D eigenvalue weighted by Crippen LogP contribution is 2.16. The summed E-state index contributed by atoms with van der Waals surface area (Å²) in [7, 11) is 0. The topological polar surface area (TPSA) is 80.7 Å². The van der Waals surface area contributed by atoms with Crippen LogP contribution in [0.15, 0.2) is 53.7 Å². The molecule has 0 aliphatic heterocycles. The summed E-state index contributed by atoms with van der Waals surface area (Å²) >= 11 is 1.71. The van der Waals surface area contributed by atoms with Crippen LogP contribution in [0.1, 0.15) is 28.1 Å². The summed E-state index contributed by atoms with van der Waals surface area (Å²) in [5.74, 6) is 2.18. The summed E-state index contributed by atoms with van der Waals surface area (Å²) in [6.07, 6.45) is 1.79. The maximum Gasteiger partial charge on any atom is 0.213 e. The van der Waals surface area contributed by atoms with Crippen molar-refractivity contribution in [2.24, 2.45) is 4.99 Å². The van der Waals surface area contributed by atoms with E-state index in [1.165, 1.54) is 4.88 Å². The van der Waals surface area contributed by atoms with Crippen LogP contribution in [-0.4, -0.2) is 35.7 Å². The van der Waals surface area contributed by atoms with Crippen LogP contribution in [0, 0.1) is 13.8 Å². The summed E-state index contributed by atoms with van der Waals surface area (Å²) in [6.45, 7) is 9.04. The molecule has 0 radical (unpaired) electrons. The van der Waals surface area contributed by atoms with Crippen LogP contribution < -0.4 is 20.1 Å². The monoisotopic (exact) mass is 567 g/mol. The van der Waals surface area contributed by atoms with Gasteiger partial charge in [0.05, 0.1) is 23.8 Å². The fraction of sp³-hybridized carbons (Fsp3) is 0.348. The number of hydrogen-bond donors (Lipinski definition) is 2. The number of para-hydroxylation sites is 1. The minimum atomic E-state index is 0. The van der Waals surface area contributed by atoms with Crippen LogP contribution in [-0.2, 0) is 13.1 Å². The molecule has 0 unspecified atom stereocenters. The van der Waals surface area contributed by atoms with Crippen molar-refractivity contribution in [1.29, 1.82) is 0 Å². The molecule has 2 aromatic heterocycles. The van der Waals surface area contributed by atoms with Gasteiger partial charge in [-0.15, -0.1) is 35.3 Å². The van der Waals surface area contributed by atoms with Crippen LogP contribution in [0.25, 0.3) is 0 Å². The lowest BCUT2D eigenvalue weighted by molar-refractivity contribution is 0.212. The molecule has 0 aliphatic rings. The molecule has 0 saturated carbocycles. The number of guanidine groups is 1. The number of nitrogens with one attached hydrogen (secondary N) is 2. The second-order valence-electron chi connectivity index (χ2n) is 6.80. The van der Waals surface area contributed by atoms with Crippen molar-refractivity contribution in [2.45, 2.75) is 33.9 Å². The molecule has 2 heterocycles. The fourth-order valence-electron chi connectivity index (χ4n) is 2.83. The summed E-state index contributed by atoms with van der Waals surface area (Å²) in [5, 5.41) is 7.72. The lowest BCUT2D eigenvalue weighted by atomic mass is 10.3.